The molecule has 1 aliphatic rings. The molecular formula is C18H26N2O3. The Kier molecular flexibility index (Phi) is 6.16. The van der Waals surface area contributed by atoms with Crippen molar-refractivity contribution >= 4 is 11.9 Å². The van der Waals surface area contributed by atoms with Crippen LogP contribution in [0, 0.1) is 5.92 Å². The van der Waals surface area contributed by atoms with E-state index < -0.39 is 5.97 Å². The van der Waals surface area contributed by atoms with Crippen LogP contribution in [0.3, 0.4) is 0 Å². The zero-order chi connectivity index (χ0) is 16.8. The summed E-state index contributed by atoms with van der Waals surface area (Å²) in [6, 6.07) is 8.30. The lowest BCUT2D eigenvalue weighted by Crippen LogP contribution is -2.44. The maximum atomic E-state index is 12.4. The highest BCUT2D eigenvalue weighted by molar-refractivity contribution is 5.78. The van der Waals surface area contributed by atoms with E-state index in [9.17, 15) is 9.59 Å². The van der Waals surface area contributed by atoms with E-state index in [0.717, 1.165) is 24.9 Å². The highest BCUT2D eigenvalue weighted by Crippen LogP contribution is 2.16. The van der Waals surface area contributed by atoms with E-state index in [1.54, 1.807) is 11.9 Å². The molecule has 5 heteroatoms. The Hall–Kier alpha value is -1.88. The van der Waals surface area contributed by atoms with Crippen molar-refractivity contribution in [1.29, 1.82) is 0 Å². The number of hydrogen-bond acceptors (Lipinski definition) is 3. The van der Waals surface area contributed by atoms with Gasteiger partial charge in [0.05, 0.1) is 12.5 Å². The largest absolute Gasteiger partial charge is 0.481 e. The summed E-state index contributed by atoms with van der Waals surface area (Å²) in [5.41, 5.74) is 2.40. The molecule has 1 amide bonds. The van der Waals surface area contributed by atoms with Gasteiger partial charge in [0, 0.05) is 20.1 Å². The molecule has 0 aliphatic carbocycles. The van der Waals surface area contributed by atoms with Crippen molar-refractivity contribution < 1.29 is 14.7 Å². The first-order valence-electron chi connectivity index (χ1n) is 8.26. The molecule has 1 aromatic rings. The summed E-state index contributed by atoms with van der Waals surface area (Å²) in [6.45, 7) is 4.27. The van der Waals surface area contributed by atoms with Gasteiger partial charge in [-0.25, -0.2) is 0 Å². The minimum atomic E-state index is -0.758. The Labute approximate surface area is 137 Å². The van der Waals surface area contributed by atoms with Crippen LogP contribution in [0.25, 0.3) is 0 Å². The van der Waals surface area contributed by atoms with Gasteiger partial charge in [0.1, 0.15) is 0 Å². The number of hydrogen-bond donors (Lipinski definition) is 1. The molecule has 1 unspecified atom stereocenters. The molecule has 1 heterocycles. The molecule has 0 saturated carbocycles. The van der Waals surface area contributed by atoms with Crippen LogP contribution < -0.4 is 0 Å². The van der Waals surface area contributed by atoms with E-state index in [2.05, 4.69) is 31.2 Å². The van der Waals surface area contributed by atoms with Crippen LogP contribution >= 0.6 is 0 Å². The molecule has 1 aliphatic heterocycles. The molecule has 1 fully saturated rings. The van der Waals surface area contributed by atoms with Crippen LogP contribution in [0.4, 0.5) is 0 Å². The van der Waals surface area contributed by atoms with Crippen LogP contribution in [-0.2, 0) is 22.6 Å². The summed E-state index contributed by atoms with van der Waals surface area (Å²) in [4.78, 5) is 27.1. The van der Waals surface area contributed by atoms with E-state index >= 15 is 0 Å². The lowest BCUT2D eigenvalue weighted by Gasteiger charge is -2.31. The molecule has 1 atom stereocenters. The van der Waals surface area contributed by atoms with Gasteiger partial charge in [-0.3, -0.25) is 14.5 Å². The van der Waals surface area contributed by atoms with Crippen LogP contribution in [0.5, 0.6) is 0 Å². The van der Waals surface area contributed by atoms with Crippen molar-refractivity contribution in [3.63, 3.8) is 0 Å². The SMILES string of the molecule is CCc1ccc(CN(C)C(=O)CN2CCCC(C(=O)O)C2)cc1. The number of carbonyl (C=O) groups is 2. The number of benzene rings is 1. The number of likely N-dealkylation sites (tertiary alicyclic amines) is 1. The molecule has 126 valence electrons. The molecule has 2 rings (SSSR count). The molecule has 0 spiro atoms. The minimum absolute atomic E-state index is 0.0376. The molecule has 1 N–H and O–H groups in total. The minimum Gasteiger partial charge on any atom is -0.481 e. The summed E-state index contributed by atoms with van der Waals surface area (Å²) in [7, 11) is 1.80. The van der Waals surface area contributed by atoms with Gasteiger partial charge in [-0.2, -0.15) is 0 Å². The standard InChI is InChI=1S/C18H26N2O3/c1-3-14-6-8-15(9-7-14)11-19(2)17(21)13-20-10-4-5-16(12-20)18(22)23/h6-9,16H,3-5,10-13H2,1-2H3,(H,22,23). The summed E-state index contributed by atoms with van der Waals surface area (Å²) in [6.07, 6.45) is 2.56. The highest BCUT2D eigenvalue weighted by Gasteiger charge is 2.26. The predicted octanol–water partition coefficient (Wildman–Crippen LogP) is 2.00. The Bertz CT molecular complexity index is 542. The number of aliphatic carboxylic acids is 1. The molecule has 23 heavy (non-hydrogen) atoms. The fourth-order valence-corrected chi connectivity index (χ4v) is 2.96. The van der Waals surface area contributed by atoms with E-state index in [1.165, 1.54) is 5.56 Å². The predicted molar refractivity (Wildman–Crippen MR) is 89.1 cm³/mol. The number of aryl methyl sites for hydroxylation is 1. The second-order valence-corrected chi connectivity index (χ2v) is 6.33. The quantitative estimate of drug-likeness (QED) is 0.871. The average molecular weight is 318 g/mol. The van der Waals surface area contributed by atoms with Crippen LogP contribution in [-0.4, -0.2) is 53.5 Å². The number of carboxylic acid groups (broad SMARTS) is 1. The summed E-state index contributed by atoms with van der Waals surface area (Å²) in [5, 5.41) is 9.11. The molecule has 5 nitrogen and oxygen atoms in total. The van der Waals surface area contributed by atoms with Gasteiger partial charge < -0.3 is 10.0 Å². The lowest BCUT2D eigenvalue weighted by molar-refractivity contribution is -0.144. The number of nitrogens with zero attached hydrogens (tertiary/aromatic N) is 2. The van der Waals surface area contributed by atoms with Gasteiger partial charge in [0.15, 0.2) is 0 Å². The Morgan fingerprint density at radius 1 is 1.26 bits per heavy atom. The van der Waals surface area contributed by atoms with Gasteiger partial charge in [0.2, 0.25) is 5.91 Å². The second-order valence-electron chi connectivity index (χ2n) is 6.33. The third-order valence-corrected chi connectivity index (χ3v) is 4.49. The summed E-state index contributed by atoms with van der Waals surface area (Å²) in [5.74, 6) is -1.06. The number of carbonyl (C=O) groups excluding carboxylic acids is 1. The topological polar surface area (TPSA) is 60.9 Å². The van der Waals surface area contributed by atoms with Gasteiger partial charge in [-0.05, 0) is 36.9 Å². The third-order valence-electron chi connectivity index (χ3n) is 4.49. The summed E-state index contributed by atoms with van der Waals surface area (Å²) >= 11 is 0. The van der Waals surface area contributed by atoms with Crippen molar-refractivity contribution in [2.24, 2.45) is 5.92 Å². The normalized spacial score (nSPS) is 18.6. The maximum absolute atomic E-state index is 12.4. The van der Waals surface area contributed by atoms with E-state index in [-0.39, 0.29) is 11.8 Å². The lowest BCUT2D eigenvalue weighted by atomic mass is 9.98. The molecule has 0 aromatic heterocycles. The van der Waals surface area contributed by atoms with E-state index in [0.29, 0.717) is 26.1 Å². The number of likely N-dealkylation sites (N-methyl/N-ethyl adjacent to an activating group) is 1. The first-order valence-corrected chi connectivity index (χ1v) is 8.26. The Balaban J connectivity index is 1.85. The number of piperidine rings is 1. The van der Waals surface area contributed by atoms with Gasteiger partial charge >= 0.3 is 5.97 Å². The smallest absolute Gasteiger partial charge is 0.307 e. The zero-order valence-electron chi connectivity index (χ0n) is 14.0. The third kappa shape index (κ3) is 5.06. The molecular weight excluding hydrogens is 292 g/mol. The monoisotopic (exact) mass is 318 g/mol. The fourth-order valence-electron chi connectivity index (χ4n) is 2.96. The number of rotatable bonds is 6. The van der Waals surface area contributed by atoms with Gasteiger partial charge in [-0.1, -0.05) is 31.2 Å². The molecule has 0 radical (unpaired) electrons. The van der Waals surface area contributed by atoms with Crippen molar-refractivity contribution in [2.75, 3.05) is 26.7 Å². The second kappa shape index (κ2) is 8.11. The number of carboxylic acids is 1. The average Bonchev–Trinajstić information content (AvgIpc) is 2.55. The van der Waals surface area contributed by atoms with Crippen LogP contribution in [0.2, 0.25) is 0 Å². The molecule has 0 bridgehead atoms. The maximum Gasteiger partial charge on any atom is 0.307 e. The Morgan fingerprint density at radius 2 is 1.91 bits per heavy atom. The summed E-state index contributed by atoms with van der Waals surface area (Å²) < 4.78 is 0. The highest BCUT2D eigenvalue weighted by atomic mass is 16.4. The first-order chi connectivity index (χ1) is 11.0. The van der Waals surface area contributed by atoms with Crippen molar-refractivity contribution in [3.8, 4) is 0 Å². The van der Waals surface area contributed by atoms with Crippen LogP contribution in [0.15, 0.2) is 24.3 Å². The van der Waals surface area contributed by atoms with Gasteiger partial charge in [0.25, 0.3) is 0 Å². The molecule has 1 aromatic carbocycles. The fraction of sp³-hybridized carbons (Fsp3) is 0.556. The molecule has 1 saturated heterocycles. The van der Waals surface area contributed by atoms with E-state index in [1.807, 2.05) is 4.90 Å². The Morgan fingerprint density at radius 3 is 2.52 bits per heavy atom. The van der Waals surface area contributed by atoms with E-state index in [4.69, 9.17) is 5.11 Å². The zero-order valence-corrected chi connectivity index (χ0v) is 14.0. The van der Waals surface area contributed by atoms with Crippen LogP contribution in [0.1, 0.15) is 30.9 Å². The number of amides is 1. The first kappa shape index (κ1) is 17.5. The van der Waals surface area contributed by atoms with Gasteiger partial charge in [-0.15, -0.1) is 0 Å². The van der Waals surface area contributed by atoms with Crippen molar-refractivity contribution in [2.45, 2.75) is 32.7 Å². The van der Waals surface area contributed by atoms with Crippen molar-refractivity contribution in [3.05, 3.63) is 35.4 Å². The van der Waals surface area contributed by atoms with Crippen molar-refractivity contribution in [1.82, 2.24) is 9.80 Å².